The first kappa shape index (κ1) is 24.2. The Labute approximate surface area is 173 Å². The highest BCUT2D eigenvalue weighted by Gasteiger charge is 2.20. The van der Waals surface area contributed by atoms with Gasteiger partial charge in [0.15, 0.2) is 5.96 Å². The van der Waals surface area contributed by atoms with Gasteiger partial charge in [-0.3, -0.25) is 4.99 Å². The monoisotopic (exact) mass is 474 g/mol. The van der Waals surface area contributed by atoms with Crippen molar-refractivity contribution in [2.45, 2.75) is 39.3 Å². The van der Waals surface area contributed by atoms with Gasteiger partial charge in [0.05, 0.1) is 12.6 Å². The van der Waals surface area contributed by atoms with E-state index in [0.29, 0.717) is 19.0 Å². The molecular weight excluding hydrogens is 443 g/mol. The van der Waals surface area contributed by atoms with Crippen molar-refractivity contribution in [1.29, 1.82) is 0 Å². The summed E-state index contributed by atoms with van der Waals surface area (Å²) < 4.78 is 5.37. The molecule has 26 heavy (non-hydrogen) atoms. The number of nitrogens with zero attached hydrogens (tertiary/aromatic N) is 1. The summed E-state index contributed by atoms with van der Waals surface area (Å²) in [7, 11) is 0. The number of alkyl carbamates (subject to hydrolysis) is 1. The summed E-state index contributed by atoms with van der Waals surface area (Å²) in [5.41, 5.74) is 0.423. The first-order valence-corrected chi connectivity index (χ1v) is 8.53. The van der Waals surface area contributed by atoms with Crippen LogP contribution in [0, 0.1) is 0 Å². The van der Waals surface area contributed by atoms with E-state index in [1.54, 1.807) is 6.08 Å². The lowest BCUT2D eigenvalue weighted by Crippen LogP contribution is -2.39. The predicted molar refractivity (Wildman–Crippen MR) is 118 cm³/mol. The van der Waals surface area contributed by atoms with Gasteiger partial charge in [-0.1, -0.05) is 36.4 Å². The summed E-state index contributed by atoms with van der Waals surface area (Å²) in [6.07, 6.45) is 1.31. The Hall–Kier alpha value is -1.77. The van der Waals surface area contributed by atoms with Crippen LogP contribution in [-0.4, -0.2) is 37.3 Å². The Morgan fingerprint density at radius 2 is 1.92 bits per heavy atom. The zero-order chi connectivity index (χ0) is 18.7. The zero-order valence-electron chi connectivity index (χ0n) is 16.0. The molecule has 1 unspecified atom stereocenters. The van der Waals surface area contributed by atoms with Gasteiger partial charge in [-0.25, -0.2) is 4.79 Å². The van der Waals surface area contributed by atoms with E-state index in [1.807, 2.05) is 58.0 Å². The summed E-state index contributed by atoms with van der Waals surface area (Å²) in [4.78, 5) is 16.7. The van der Waals surface area contributed by atoms with Crippen LogP contribution in [0.5, 0.6) is 0 Å². The molecule has 1 amide bonds. The van der Waals surface area contributed by atoms with Gasteiger partial charge in [0.25, 0.3) is 0 Å². The fourth-order valence-electron chi connectivity index (χ4n) is 2.06. The van der Waals surface area contributed by atoms with Crippen LogP contribution in [-0.2, 0) is 4.74 Å². The number of nitrogens with one attached hydrogen (secondary N) is 3. The molecule has 1 aromatic rings. The second-order valence-electron chi connectivity index (χ2n) is 6.50. The van der Waals surface area contributed by atoms with Crippen molar-refractivity contribution in [3.8, 4) is 0 Å². The molecule has 7 heteroatoms. The molecule has 146 valence electrons. The van der Waals surface area contributed by atoms with E-state index >= 15 is 0 Å². The molecule has 1 aromatic carbocycles. The maximum Gasteiger partial charge on any atom is 0.408 e. The zero-order valence-corrected chi connectivity index (χ0v) is 18.4. The smallest absolute Gasteiger partial charge is 0.408 e. The quantitative estimate of drug-likeness (QED) is 0.244. The van der Waals surface area contributed by atoms with Crippen molar-refractivity contribution in [3.05, 3.63) is 48.6 Å². The Kier molecular flexibility index (Phi) is 11.7. The van der Waals surface area contributed by atoms with Crippen LogP contribution in [0.15, 0.2) is 48.0 Å². The van der Waals surface area contributed by atoms with Crippen LogP contribution in [0.2, 0.25) is 0 Å². The SMILES string of the molecule is C=CCNC(=NCC(NC(=O)OC(C)(C)C)c1ccccc1)NCC.I. The number of halogens is 1. The molecule has 0 spiro atoms. The molecule has 0 fully saturated rings. The normalized spacial score (nSPS) is 12.4. The molecule has 0 aliphatic heterocycles. The van der Waals surface area contributed by atoms with Crippen LogP contribution in [0.25, 0.3) is 0 Å². The van der Waals surface area contributed by atoms with E-state index in [1.165, 1.54) is 0 Å². The molecule has 0 saturated carbocycles. The third-order valence-corrected chi connectivity index (χ3v) is 3.08. The predicted octanol–water partition coefficient (Wildman–Crippen LogP) is 3.61. The summed E-state index contributed by atoms with van der Waals surface area (Å²) in [6.45, 7) is 12.9. The largest absolute Gasteiger partial charge is 0.444 e. The van der Waals surface area contributed by atoms with Crippen molar-refractivity contribution in [2.75, 3.05) is 19.6 Å². The molecule has 1 atom stereocenters. The molecule has 6 nitrogen and oxygen atoms in total. The molecule has 0 aromatic heterocycles. The van der Waals surface area contributed by atoms with Crippen molar-refractivity contribution in [1.82, 2.24) is 16.0 Å². The lowest BCUT2D eigenvalue weighted by atomic mass is 10.1. The van der Waals surface area contributed by atoms with Gasteiger partial charge in [-0.15, -0.1) is 30.6 Å². The fraction of sp³-hybridized carbons (Fsp3) is 0.474. The Bertz CT molecular complexity index is 571. The third kappa shape index (κ3) is 10.3. The van der Waals surface area contributed by atoms with Crippen LogP contribution in [0.3, 0.4) is 0 Å². The molecule has 1 rings (SSSR count). The third-order valence-electron chi connectivity index (χ3n) is 3.08. The van der Waals surface area contributed by atoms with Crippen LogP contribution in [0.1, 0.15) is 39.3 Å². The van der Waals surface area contributed by atoms with E-state index in [2.05, 4.69) is 27.5 Å². The second-order valence-corrected chi connectivity index (χ2v) is 6.50. The number of benzene rings is 1. The molecular formula is C19H31IN4O2. The maximum absolute atomic E-state index is 12.2. The maximum atomic E-state index is 12.2. The van der Waals surface area contributed by atoms with Gasteiger partial charge >= 0.3 is 6.09 Å². The number of aliphatic imine (C=N–C) groups is 1. The van der Waals surface area contributed by atoms with Crippen molar-refractivity contribution >= 4 is 36.0 Å². The standard InChI is InChI=1S/C19H30N4O2.HI/c1-6-13-21-17(20-7-2)22-14-16(15-11-9-8-10-12-15)23-18(24)25-19(3,4)5;/h6,8-12,16H,1,7,13-14H2,2-5H3,(H,23,24)(H2,20,21,22);1H. The van der Waals surface area contributed by atoms with E-state index in [9.17, 15) is 4.79 Å². The number of amides is 1. The first-order valence-electron chi connectivity index (χ1n) is 8.53. The lowest BCUT2D eigenvalue weighted by molar-refractivity contribution is 0.0505. The number of ether oxygens (including phenoxy) is 1. The first-order chi connectivity index (χ1) is 11.9. The van der Waals surface area contributed by atoms with E-state index < -0.39 is 11.7 Å². The van der Waals surface area contributed by atoms with Crippen LogP contribution in [0.4, 0.5) is 4.79 Å². The van der Waals surface area contributed by atoms with Gasteiger partial charge in [-0.2, -0.15) is 0 Å². The van der Waals surface area contributed by atoms with Crippen molar-refractivity contribution in [2.24, 2.45) is 4.99 Å². The number of guanidine groups is 1. The average Bonchev–Trinajstić information content (AvgIpc) is 2.55. The van der Waals surface area contributed by atoms with Gasteiger partial charge in [0, 0.05) is 13.1 Å². The second kappa shape index (κ2) is 12.6. The van der Waals surface area contributed by atoms with Gasteiger partial charge < -0.3 is 20.7 Å². The summed E-state index contributed by atoms with van der Waals surface area (Å²) in [6, 6.07) is 9.44. The van der Waals surface area contributed by atoms with Gasteiger partial charge in [0.1, 0.15) is 5.60 Å². The summed E-state index contributed by atoms with van der Waals surface area (Å²) in [5, 5.41) is 9.21. The highest BCUT2D eigenvalue weighted by atomic mass is 127. The molecule has 0 aliphatic carbocycles. The molecule has 3 N–H and O–H groups in total. The van der Waals surface area contributed by atoms with E-state index in [4.69, 9.17) is 4.74 Å². The Balaban J connectivity index is 0.00000625. The number of carbonyl (C=O) groups excluding carboxylic acids is 1. The summed E-state index contributed by atoms with van der Waals surface area (Å²) >= 11 is 0. The van der Waals surface area contributed by atoms with Gasteiger partial charge in [0.2, 0.25) is 0 Å². The number of hydrogen-bond acceptors (Lipinski definition) is 3. The van der Waals surface area contributed by atoms with Crippen molar-refractivity contribution in [3.63, 3.8) is 0 Å². The van der Waals surface area contributed by atoms with Crippen LogP contribution >= 0.6 is 24.0 Å². The van der Waals surface area contributed by atoms with E-state index in [0.717, 1.165) is 12.1 Å². The van der Waals surface area contributed by atoms with E-state index in [-0.39, 0.29) is 30.0 Å². The molecule has 0 saturated heterocycles. The minimum absolute atomic E-state index is 0. The van der Waals surface area contributed by atoms with Gasteiger partial charge in [-0.05, 0) is 33.3 Å². The lowest BCUT2D eigenvalue weighted by Gasteiger charge is -2.23. The molecule has 0 radical (unpaired) electrons. The molecule has 0 aliphatic rings. The fourth-order valence-corrected chi connectivity index (χ4v) is 2.06. The topological polar surface area (TPSA) is 74.8 Å². The summed E-state index contributed by atoms with van der Waals surface area (Å²) in [5.74, 6) is 0.675. The van der Waals surface area contributed by atoms with Crippen LogP contribution < -0.4 is 16.0 Å². The minimum Gasteiger partial charge on any atom is -0.444 e. The highest BCUT2D eigenvalue weighted by Crippen LogP contribution is 2.15. The molecule has 0 heterocycles. The Morgan fingerprint density at radius 1 is 1.27 bits per heavy atom. The highest BCUT2D eigenvalue weighted by molar-refractivity contribution is 14.0. The Morgan fingerprint density at radius 3 is 2.46 bits per heavy atom. The number of rotatable bonds is 7. The number of hydrogen-bond donors (Lipinski definition) is 3. The molecule has 0 bridgehead atoms. The van der Waals surface area contributed by atoms with Crippen molar-refractivity contribution < 1.29 is 9.53 Å². The average molecular weight is 474 g/mol. The minimum atomic E-state index is -0.547. The number of carbonyl (C=O) groups is 1.